The van der Waals surface area contributed by atoms with Gasteiger partial charge < -0.3 is 10.2 Å². The molecule has 0 rings (SSSR count). The fraction of sp³-hybridized carbons (Fsp3) is 0.818. The molecule has 0 aromatic rings. The number of carboxylic acids is 2. The Morgan fingerprint density at radius 1 is 1.06 bits per heavy atom. The first kappa shape index (κ1) is 17.9. The minimum Gasteiger partial charge on any atom is -0.481 e. The molecule has 0 atom stereocenters. The van der Waals surface area contributed by atoms with Gasteiger partial charge in [0.25, 0.3) is 0 Å². The van der Waals surface area contributed by atoms with E-state index in [-0.39, 0.29) is 25.9 Å². The van der Waals surface area contributed by atoms with E-state index in [1.165, 1.54) is 0 Å². The predicted molar refractivity (Wildman–Crippen MR) is 56.7 cm³/mol. The summed E-state index contributed by atoms with van der Waals surface area (Å²) in [6.45, 7) is 7.08. The summed E-state index contributed by atoms with van der Waals surface area (Å²) in [7, 11) is 0. The number of hydrogen-bond acceptors (Lipinski definition) is 2. The van der Waals surface area contributed by atoms with E-state index in [0.29, 0.717) is 12.8 Å². The molecular weight excluding hydrogens is 297 g/mol. The molecule has 0 aliphatic carbocycles. The van der Waals surface area contributed by atoms with Crippen LogP contribution >= 0.6 is 0 Å². The molecule has 0 amide bonds. The molecule has 0 unspecified atom stereocenters. The van der Waals surface area contributed by atoms with E-state index in [2.05, 4.69) is 0 Å². The van der Waals surface area contributed by atoms with Gasteiger partial charge >= 0.3 is 11.9 Å². The Labute approximate surface area is 109 Å². The molecule has 0 heterocycles. The van der Waals surface area contributed by atoms with Gasteiger partial charge in [-0.2, -0.15) is 0 Å². The summed E-state index contributed by atoms with van der Waals surface area (Å²) >= 11 is 0. The van der Waals surface area contributed by atoms with Gasteiger partial charge in [0.05, 0.1) is 5.41 Å². The molecular formula is C11H20O4Ru. The normalized spacial score (nSPS) is 11.8. The van der Waals surface area contributed by atoms with Crippen molar-refractivity contribution in [3.8, 4) is 0 Å². The van der Waals surface area contributed by atoms with Gasteiger partial charge in [0, 0.05) is 25.9 Å². The van der Waals surface area contributed by atoms with Gasteiger partial charge in [-0.15, -0.1) is 0 Å². The standard InChI is InChI=1S/C11H20O4.Ru/c1-10(2,7-5-6-8(12)13)11(3,4)9(14)15;/h5-7H2,1-4H3,(H,12,13)(H,14,15);. The smallest absolute Gasteiger partial charge is 0.309 e. The monoisotopic (exact) mass is 318 g/mol. The molecule has 0 aliphatic rings. The SMILES string of the molecule is CC(C)(CCCC(=O)O)C(C)(C)C(=O)O.[Ru]. The van der Waals surface area contributed by atoms with Crippen LogP contribution < -0.4 is 0 Å². The summed E-state index contributed by atoms with van der Waals surface area (Å²) in [4.78, 5) is 21.4. The van der Waals surface area contributed by atoms with Crippen molar-refractivity contribution in [2.45, 2.75) is 47.0 Å². The largest absolute Gasteiger partial charge is 0.481 e. The van der Waals surface area contributed by atoms with Crippen molar-refractivity contribution in [2.75, 3.05) is 0 Å². The van der Waals surface area contributed by atoms with Crippen LogP contribution in [0.15, 0.2) is 0 Å². The second kappa shape index (κ2) is 6.34. The number of aliphatic carboxylic acids is 2. The Bertz CT molecular complexity index is 259. The molecule has 0 aliphatic heterocycles. The Kier molecular flexibility index (Phi) is 7.11. The topological polar surface area (TPSA) is 74.6 Å². The van der Waals surface area contributed by atoms with Crippen LogP contribution in [0.25, 0.3) is 0 Å². The van der Waals surface area contributed by atoms with Crippen LogP contribution in [0.5, 0.6) is 0 Å². The molecule has 5 heteroatoms. The molecule has 16 heavy (non-hydrogen) atoms. The molecule has 0 aromatic carbocycles. The molecule has 0 fully saturated rings. The zero-order valence-electron chi connectivity index (χ0n) is 10.2. The van der Waals surface area contributed by atoms with Gasteiger partial charge in [-0.05, 0) is 32.1 Å². The zero-order valence-corrected chi connectivity index (χ0v) is 11.9. The second-order valence-corrected chi connectivity index (χ2v) is 5.06. The third-order valence-corrected chi connectivity index (χ3v) is 3.42. The maximum absolute atomic E-state index is 11.0. The third-order valence-electron chi connectivity index (χ3n) is 3.42. The predicted octanol–water partition coefficient (Wildman–Crippen LogP) is 2.38. The van der Waals surface area contributed by atoms with Crippen LogP contribution in [0, 0.1) is 10.8 Å². The summed E-state index contributed by atoms with van der Waals surface area (Å²) < 4.78 is 0. The molecule has 0 saturated heterocycles. The van der Waals surface area contributed by atoms with Crippen molar-refractivity contribution in [2.24, 2.45) is 10.8 Å². The molecule has 0 bridgehead atoms. The average Bonchev–Trinajstić information content (AvgIpc) is 2.02. The quantitative estimate of drug-likeness (QED) is 0.738. The van der Waals surface area contributed by atoms with Crippen molar-refractivity contribution >= 4 is 11.9 Å². The van der Waals surface area contributed by atoms with E-state index in [1.54, 1.807) is 13.8 Å². The summed E-state index contributed by atoms with van der Waals surface area (Å²) in [6.07, 6.45) is 1.21. The van der Waals surface area contributed by atoms with E-state index < -0.39 is 22.8 Å². The van der Waals surface area contributed by atoms with Gasteiger partial charge in [0.15, 0.2) is 0 Å². The first-order valence-corrected chi connectivity index (χ1v) is 5.06. The van der Waals surface area contributed by atoms with Crippen LogP contribution in [-0.4, -0.2) is 22.2 Å². The van der Waals surface area contributed by atoms with Crippen molar-refractivity contribution < 1.29 is 39.3 Å². The van der Waals surface area contributed by atoms with Crippen LogP contribution in [0.2, 0.25) is 0 Å². The van der Waals surface area contributed by atoms with E-state index >= 15 is 0 Å². The van der Waals surface area contributed by atoms with E-state index in [1.807, 2.05) is 13.8 Å². The average molecular weight is 317 g/mol. The van der Waals surface area contributed by atoms with Crippen molar-refractivity contribution in [1.29, 1.82) is 0 Å². The second-order valence-electron chi connectivity index (χ2n) is 5.06. The molecule has 96 valence electrons. The number of carbonyl (C=O) groups is 2. The number of hydrogen-bond donors (Lipinski definition) is 2. The molecule has 0 aromatic heterocycles. The third kappa shape index (κ3) is 4.60. The number of carboxylic acid groups (broad SMARTS) is 2. The summed E-state index contributed by atoms with van der Waals surface area (Å²) in [5, 5.41) is 17.6. The summed E-state index contributed by atoms with van der Waals surface area (Å²) in [5.41, 5.74) is -1.25. The minimum absolute atomic E-state index is 0. The first-order chi connectivity index (χ1) is 6.61. The van der Waals surface area contributed by atoms with Crippen LogP contribution in [-0.2, 0) is 29.1 Å². The fourth-order valence-electron chi connectivity index (χ4n) is 1.28. The number of rotatable bonds is 6. The van der Waals surface area contributed by atoms with Crippen LogP contribution in [0.4, 0.5) is 0 Å². The Morgan fingerprint density at radius 3 is 1.81 bits per heavy atom. The van der Waals surface area contributed by atoms with E-state index in [4.69, 9.17) is 10.2 Å². The zero-order chi connectivity index (χ0) is 12.3. The van der Waals surface area contributed by atoms with Crippen molar-refractivity contribution in [3.05, 3.63) is 0 Å². The van der Waals surface area contributed by atoms with Crippen LogP contribution in [0.1, 0.15) is 47.0 Å². The maximum Gasteiger partial charge on any atom is 0.309 e. The maximum atomic E-state index is 11.0. The van der Waals surface area contributed by atoms with E-state index in [9.17, 15) is 9.59 Å². The molecule has 4 nitrogen and oxygen atoms in total. The minimum atomic E-state index is -0.845. The van der Waals surface area contributed by atoms with Gasteiger partial charge in [0.2, 0.25) is 0 Å². The first-order valence-electron chi connectivity index (χ1n) is 5.06. The van der Waals surface area contributed by atoms with Crippen molar-refractivity contribution in [1.82, 2.24) is 0 Å². The Hall–Kier alpha value is -0.437. The summed E-state index contributed by atoms with van der Waals surface area (Å²) in [5.74, 6) is -1.68. The Morgan fingerprint density at radius 2 is 1.50 bits per heavy atom. The van der Waals surface area contributed by atoms with Gasteiger partial charge in [0.1, 0.15) is 0 Å². The van der Waals surface area contributed by atoms with Gasteiger partial charge in [-0.25, -0.2) is 0 Å². The molecule has 0 spiro atoms. The fourth-order valence-corrected chi connectivity index (χ4v) is 1.28. The molecule has 0 radical (unpaired) electrons. The van der Waals surface area contributed by atoms with E-state index in [0.717, 1.165) is 0 Å². The summed E-state index contributed by atoms with van der Waals surface area (Å²) in [6, 6.07) is 0. The van der Waals surface area contributed by atoms with Gasteiger partial charge in [-0.1, -0.05) is 13.8 Å². The van der Waals surface area contributed by atoms with Crippen LogP contribution in [0.3, 0.4) is 0 Å². The Balaban J connectivity index is 0. The van der Waals surface area contributed by atoms with Gasteiger partial charge in [-0.3, -0.25) is 9.59 Å². The molecule has 0 saturated carbocycles. The van der Waals surface area contributed by atoms with Crippen molar-refractivity contribution in [3.63, 3.8) is 0 Å². The molecule has 2 N–H and O–H groups in total.